The molecule has 5 aromatic rings. The number of amides is 8. The Balaban J connectivity index is 0.990. The standard InChI is InChI=1S/C64H70F6N10O14/c1-61(2,3)93-59(87)77-27-23-47-54(77)79(50(82)22-14-16-26-72-58(86)90-35-38-19-11-8-12-20-38)45-31-40(64(68,69)70)30-42(52(45)91-47)76-53(83)43-33-44(74-36-73-43)56(84)80-46-32-39(63(65,66)67)29-41(51(46)92-48-24-28-78(55(48)80)60(88)94-62(4,5)6)75-49(81)21-13-15-25-71-57(85)89-34-37-17-9-7-10-18-37/h7-12,17-20,29-33,36,47-48,54-55H,13-16,21-28,34-35H2,1-6H3,(H,71,85)(H,72,86)(H,75,81)(H,76,83)/t47-,48-,54?,55?/m1/s1. The van der Waals surface area contributed by atoms with Gasteiger partial charge in [-0.2, -0.15) is 26.3 Å². The summed E-state index contributed by atoms with van der Waals surface area (Å²) in [5, 5.41) is 10.00. The first-order valence-electron chi connectivity index (χ1n) is 30.2. The molecule has 24 nitrogen and oxygen atoms in total. The maximum atomic E-state index is 15.3. The molecule has 2 fully saturated rings. The maximum Gasteiger partial charge on any atom is 0.416 e. The number of rotatable bonds is 18. The second-order valence-electron chi connectivity index (χ2n) is 24.4. The number of aromatic nitrogens is 2. The fourth-order valence-electron chi connectivity index (χ4n) is 10.8. The SMILES string of the molecule is CC(C)(C)OC(=O)N1CC[C@H]2Oc3c(NC(=O)c4cc(C(=O)N5c6cc(C(F)(F)F)cc(NC(=O)CCCCNC(=O)OCc7ccccc7)c6O[C@@H]6CCN(C(=O)OC(C)(C)C)C65)ncn4)cc(C(F)(F)F)cc3N(C(=O)CCCCNC(=O)OCc3ccccc3)C21. The summed E-state index contributed by atoms with van der Waals surface area (Å²) in [6.45, 7) is 9.37. The van der Waals surface area contributed by atoms with Crippen molar-refractivity contribution in [3.8, 4) is 11.5 Å². The molecule has 9 rings (SSSR count). The molecule has 502 valence electrons. The number of likely N-dealkylation sites (tertiary alicyclic amines) is 2. The molecule has 4 aromatic carbocycles. The number of nitrogens with zero attached hydrogens (tertiary/aromatic N) is 6. The van der Waals surface area contributed by atoms with Gasteiger partial charge in [0.05, 0.1) is 33.9 Å². The first kappa shape index (κ1) is 68.5. The van der Waals surface area contributed by atoms with Gasteiger partial charge < -0.3 is 49.7 Å². The predicted molar refractivity (Wildman–Crippen MR) is 324 cm³/mol. The smallest absolute Gasteiger partial charge is 0.416 e. The van der Waals surface area contributed by atoms with E-state index >= 15 is 31.1 Å². The fourth-order valence-corrected chi connectivity index (χ4v) is 10.8. The molecule has 0 saturated carbocycles. The van der Waals surface area contributed by atoms with E-state index in [0.29, 0.717) is 24.3 Å². The summed E-state index contributed by atoms with van der Waals surface area (Å²) in [6.07, 6.45) is -18.0. The summed E-state index contributed by atoms with van der Waals surface area (Å²) >= 11 is 0. The second-order valence-corrected chi connectivity index (χ2v) is 24.4. The van der Waals surface area contributed by atoms with Gasteiger partial charge in [-0.15, -0.1) is 0 Å². The van der Waals surface area contributed by atoms with Crippen molar-refractivity contribution in [3.63, 3.8) is 0 Å². The minimum Gasteiger partial charge on any atom is -0.482 e. The number of hydrogen-bond acceptors (Lipinski definition) is 16. The third-order valence-corrected chi connectivity index (χ3v) is 15.0. The fraction of sp³-hybridized carbons (Fsp3) is 0.438. The predicted octanol–water partition coefficient (Wildman–Crippen LogP) is 11.3. The Hall–Kier alpha value is -9.90. The molecule has 5 heterocycles. The van der Waals surface area contributed by atoms with Gasteiger partial charge in [0.25, 0.3) is 11.8 Å². The summed E-state index contributed by atoms with van der Waals surface area (Å²) in [6, 6.07) is 21.0. The van der Waals surface area contributed by atoms with E-state index in [1.807, 2.05) is 0 Å². The number of carbonyl (C=O) groups is 8. The van der Waals surface area contributed by atoms with Crippen LogP contribution >= 0.6 is 0 Å². The molecule has 2 unspecified atom stereocenters. The van der Waals surface area contributed by atoms with Crippen molar-refractivity contribution in [1.82, 2.24) is 30.4 Å². The van der Waals surface area contributed by atoms with Crippen LogP contribution in [-0.4, -0.2) is 130 Å². The van der Waals surface area contributed by atoms with Crippen LogP contribution in [0.15, 0.2) is 97.3 Å². The number of ether oxygens (including phenoxy) is 6. The quantitative estimate of drug-likeness (QED) is 0.0360. The molecule has 0 spiro atoms. The molecule has 4 aliphatic rings. The molecule has 30 heteroatoms. The van der Waals surface area contributed by atoms with Gasteiger partial charge in [0.2, 0.25) is 11.8 Å². The second kappa shape index (κ2) is 28.5. The van der Waals surface area contributed by atoms with Crippen LogP contribution in [0.1, 0.15) is 136 Å². The van der Waals surface area contributed by atoms with Gasteiger partial charge in [0.15, 0.2) is 23.8 Å². The lowest BCUT2D eigenvalue weighted by molar-refractivity contribution is -0.138. The minimum atomic E-state index is -5.15. The van der Waals surface area contributed by atoms with E-state index in [0.717, 1.165) is 43.1 Å². The molecule has 0 aliphatic carbocycles. The summed E-state index contributed by atoms with van der Waals surface area (Å²) in [7, 11) is 0. The highest BCUT2D eigenvalue weighted by Crippen LogP contribution is 2.51. The van der Waals surface area contributed by atoms with Crippen LogP contribution in [0.3, 0.4) is 0 Å². The Morgan fingerprint density at radius 3 is 1.48 bits per heavy atom. The number of hydrogen-bond donors (Lipinski definition) is 4. The number of halogens is 6. The zero-order valence-electron chi connectivity index (χ0n) is 52.1. The maximum absolute atomic E-state index is 15.3. The van der Waals surface area contributed by atoms with Gasteiger partial charge in [0.1, 0.15) is 54.3 Å². The summed E-state index contributed by atoms with van der Waals surface area (Å²) in [5.74, 6) is -4.90. The van der Waals surface area contributed by atoms with Crippen molar-refractivity contribution >= 4 is 70.8 Å². The lowest BCUT2D eigenvalue weighted by Crippen LogP contribution is -2.58. The Morgan fingerprint density at radius 1 is 0.553 bits per heavy atom. The third kappa shape index (κ3) is 17.0. The highest BCUT2D eigenvalue weighted by Gasteiger charge is 2.53. The first-order chi connectivity index (χ1) is 44.4. The molecule has 0 bridgehead atoms. The van der Waals surface area contributed by atoms with Crippen LogP contribution < -0.4 is 40.5 Å². The number of carbonyl (C=O) groups excluding carboxylic acids is 8. The van der Waals surface area contributed by atoms with E-state index in [1.165, 1.54) is 0 Å². The van der Waals surface area contributed by atoms with Gasteiger partial charge in [-0.25, -0.2) is 29.1 Å². The zero-order chi connectivity index (χ0) is 67.9. The zero-order valence-corrected chi connectivity index (χ0v) is 52.1. The molecule has 1 aromatic heterocycles. The number of benzene rings is 4. The summed E-state index contributed by atoms with van der Waals surface area (Å²) < 4.78 is 125. The van der Waals surface area contributed by atoms with Gasteiger partial charge in [0, 0.05) is 57.9 Å². The van der Waals surface area contributed by atoms with E-state index < -0.39 is 153 Å². The molecule has 0 radical (unpaired) electrons. The van der Waals surface area contributed by atoms with Crippen LogP contribution in [0.4, 0.5) is 68.3 Å². The van der Waals surface area contributed by atoms with E-state index in [-0.39, 0.29) is 90.8 Å². The topological polar surface area (TPSA) is 279 Å². The van der Waals surface area contributed by atoms with Crippen molar-refractivity contribution in [2.75, 3.05) is 46.6 Å². The van der Waals surface area contributed by atoms with E-state index in [9.17, 15) is 33.6 Å². The van der Waals surface area contributed by atoms with Crippen molar-refractivity contribution in [1.29, 1.82) is 0 Å². The number of alkyl halides is 6. The molecule has 8 amide bonds. The lowest BCUT2D eigenvalue weighted by Gasteiger charge is -2.43. The van der Waals surface area contributed by atoms with Gasteiger partial charge in [-0.1, -0.05) is 60.7 Å². The van der Waals surface area contributed by atoms with Crippen LogP contribution in [0, 0.1) is 0 Å². The van der Waals surface area contributed by atoms with Crippen molar-refractivity contribution in [2.24, 2.45) is 0 Å². The highest BCUT2D eigenvalue weighted by molar-refractivity contribution is 6.11. The van der Waals surface area contributed by atoms with Crippen molar-refractivity contribution < 1.29 is 93.1 Å². The number of nitrogens with one attached hydrogen (secondary N) is 4. The van der Waals surface area contributed by atoms with Gasteiger partial charge in [-0.05, 0) is 103 Å². The monoisotopic (exact) mass is 1320 g/mol. The Bertz CT molecular complexity index is 3640. The molecule has 94 heavy (non-hydrogen) atoms. The average molecular weight is 1320 g/mol. The number of anilines is 4. The van der Waals surface area contributed by atoms with Gasteiger partial charge >= 0.3 is 36.7 Å². The molecular formula is C64H70F6N10O14. The largest absolute Gasteiger partial charge is 0.482 e. The van der Waals surface area contributed by atoms with Crippen molar-refractivity contribution in [3.05, 3.63) is 131 Å². The summed E-state index contributed by atoms with van der Waals surface area (Å²) in [4.78, 5) is 122. The van der Waals surface area contributed by atoms with Crippen molar-refractivity contribution in [2.45, 2.75) is 154 Å². The summed E-state index contributed by atoms with van der Waals surface area (Å²) in [5.41, 5.74) is -7.03. The van der Waals surface area contributed by atoms with Crippen LogP contribution in [0.25, 0.3) is 0 Å². The first-order valence-corrected chi connectivity index (χ1v) is 30.2. The minimum absolute atomic E-state index is 0.00548. The Labute approximate surface area is 535 Å². The molecular weight excluding hydrogens is 1250 g/mol. The number of alkyl carbamates (subject to hydrolysis) is 2. The Kier molecular flexibility index (Phi) is 20.8. The highest BCUT2D eigenvalue weighted by atomic mass is 19.4. The number of fused-ring (bicyclic) bond motifs is 4. The van der Waals surface area contributed by atoms with Crippen LogP contribution in [0.2, 0.25) is 0 Å². The van der Waals surface area contributed by atoms with E-state index in [4.69, 9.17) is 28.4 Å². The number of unbranched alkanes of at least 4 members (excludes halogenated alkanes) is 2. The van der Waals surface area contributed by atoms with E-state index in [2.05, 4.69) is 31.2 Å². The molecule has 2 saturated heterocycles. The van der Waals surface area contributed by atoms with E-state index in [1.54, 1.807) is 102 Å². The normalized spacial score (nSPS) is 17.4. The third-order valence-electron chi connectivity index (χ3n) is 15.0. The molecule has 4 atom stereocenters. The van der Waals surface area contributed by atoms with Gasteiger partial charge in [-0.3, -0.25) is 38.8 Å². The average Bonchev–Trinajstić information content (AvgIpc) is 1.39. The molecule has 4 aliphatic heterocycles. The molecule has 4 N–H and O–H groups in total. The van der Waals surface area contributed by atoms with Crippen LogP contribution in [0.5, 0.6) is 11.5 Å². The Morgan fingerprint density at radius 2 is 1.00 bits per heavy atom. The lowest BCUT2D eigenvalue weighted by atomic mass is 10.0. The van der Waals surface area contributed by atoms with Crippen LogP contribution in [-0.2, 0) is 54.1 Å².